The molecule has 0 aromatic heterocycles. The zero-order valence-corrected chi connectivity index (χ0v) is 17.6. The minimum Gasteiger partial charge on any atom is -0.491 e. The van der Waals surface area contributed by atoms with Gasteiger partial charge in [-0.25, -0.2) is 8.42 Å². The molecule has 0 spiro atoms. The third-order valence-corrected chi connectivity index (χ3v) is 6.89. The Morgan fingerprint density at radius 1 is 1.13 bits per heavy atom. The number of ether oxygens (including phenoxy) is 1. The van der Waals surface area contributed by atoms with Crippen molar-refractivity contribution in [1.29, 1.82) is 0 Å². The number of nitrogens with zero attached hydrogens (tertiary/aromatic N) is 3. The van der Waals surface area contributed by atoms with E-state index in [4.69, 9.17) is 16.3 Å². The molecule has 1 N–H and O–H groups in total. The summed E-state index contributed by atoms with van der Waals surface area (Å²) in [6, 6.07) is 11.8. The molecule has 3 rings (SSSR count). The molecule has 11 heteroatoms. The fourth-order valence-corrected chi connectivity index (χ4v) is 4.69. The van der Waals surface area contributed by atoms with E-state index in [0.29, 0.717) is 43.5 Å². The molecular weight excluding hydrogens is 434 g/mol. The summed E-state index contributed by atoms with van der Waals surface area (Å²) in [6.07, 6.45) is -0.816. The molecule has 0 radical (unpaired) electrons. The summed E-state index contributed by atoms with van der Waals surface area (Å²) < 4.78 is 32.3. The lowest BCUT2D eigenvalue weighted by Gasteiger charge is -2.34. The number of nitro groups is 1. The number of non-ortho nitro benzene ring substituents is 1. The Bertz CT molecular complexity index is 978. The van der Waals surface area contributed by atoms with Gasteiger partial charge in [-0.15, -0.1) is 0 Å². The number of rotatable bonds is 8. The van der Waals surface area contributed by atoms with Gasteiger partial charge in [0.05, 0.1) is 15.9 Å². The van der Waals surface area contributed by atoms with Crippen molar-refractivity contribution < 1.29 is 23.2 Å². The number of piperazine rings is 1. The average molecular weight is 456 g/mol. The number of nitro benzene ring substituents is 1. The van der Waals surface area contributed by atoms with Crippen LogP contribution in [0.2, 0.25) is 5.02 Å². The van der Waals surface area contributed by atoms with E-state index in [2.05, 4.69) is 0 Å². The van der Waals surface area contributed by atoms with E-state index in [1.807, 2.05) is 4.90 Å². The first kappa shape index (κ1) is 22.4. The highest BCUT2D eigenvalue weighted by Gasteiger charge is 2.29. The first-order valence-electron chi connectivity index (χ1n) is 9.29. The van der Waals surface area contributed by atoms with Gasteiger partial charge in [-0.2, -0.15) is 4.31 Å². The van der Waals surface area contributed by atoms with E-state index in [0.717, 1.165) is 0 Å². The summed E-state index contributed by atoms with van der Waals surface area (Å²) in [5.74, 6) is 0.308. The largest absolute Gasteiger partial charge is 0.491 e. The second kappa shape index (κ2) is 9.71. The van der Waals surface area contributed by atoms with Crippen LogP contribution in [-0.2, 0) is 10.0 Å². The van der Waals surface area contributed by atoms with E-state index < -0.39 is 21.1 Å². The predicted octanol–water partition coefficient (Wildman–Crippen LogP) is 1.99. The molecule has 1 atom stereocenters. The van der Waals surface area contributed by atoms with Gasteiger partial charge in [0.15, 0.2) is 0 Å². The minimum atomic E-state index is -3.58. The van der Waals surface area contributed by atoms with Crippen LogP contribution in [0.15, 0.2) is 53.4 Å². The normalized spacial score (nSPS) is 16.9. The van der Waals surface area contributed by atoms with Crippen molar-refractivity contribution >= 4 is 27.3 Å². The van der Waals surface area contributed by atoms with Crippen LogP contribution in [0.3, 0.4) is 0 Å². The standard InChI is InChI=1S/C19H22ClN3O6S/c20-15-4-6-19(7-5-15)30(27,28)22-10-8-21(9-11-22)13-17(24)14-29-18-3-1-2-16(12-18)23(25)26/h1-7,12,17,24H,8-11,13-14H2. The van der Waals surface area contributed by atoms with Gasteiger partial charge in [0.2, 0.25) is 10.0 Å². The summed E-state index contributed by atoms with van der Waals surface area (Å²) in [4.78, 5) is 12.4. The summed E-state index contributed by atoms with van der Waals surface area (Å²) >= 11 is 5.82. The molecule has 1 aliphatic rings. The number of benzene rings is 2. The molecule has 2 aromatic rings. The van der Waals surface area contributed by atoms with Gasteiger partial charge >= 0.3 is 0 Å². The fraction of sp³-hybridized carbons (Fsp3) is 0.368. The van der Waals surface area contributed by atoms with Crippen LogP contribution in [0, 0.1) is 10.1 Å². The van der Waals surface area contributed by atoms with Gasteiger partial charge in [-0.05, 0) is 30.3 Å². The number of hydrogen-bond acceptors (Lipinski definition) is 7. The minimum absolute atomic E-state index is 0.0234. The van der Waals surface area contributed by atoms with Crippen LogP contribution < -0.4 is 4.74 Å². The highest BCUT2D eigenvalue weighted by molar-refractivity contribution is 7.89. The van der Waals surface area contributed by atoms with Gasteiger partial charge in [0.25, 0.3) is 5.69 Å². The van der Waals surface area contributed by atoms with Crippen LogP contribution in [-0.4, -0.2) is 73.1 Å². The van der Waals surface area contributed by atoms with Gasteiger partial charge in [0.1, 0.15) is 18.5 Å². The van der Waals surface area contributed by atoms with Crippen molar-refractivity contribution in [2.45, 2.75) is 11.0 Å². The van der Waals surface area contributed by atoms with E-state index in [1.165, 1.54) is 34.6 Å². The van der Waals surface area contributed by atoms with Gasteiger partial charge in [-0.3, -0.25) is 15.0 Å². The second-order valence-corrected chi connectivity index (χ2v) is 9.25. The van der Waals surface area contributed by atoms with Crippen molar-refractivity contribution in [3.63, 3.8) is 0 Å². The van der Waals surface area contributed by atoms with Crippen molar-refractivity contribution in [2.24, 2.45) is 0 Å². The molecule has 9 nitrogen and oxygen atoms in total. The van der Waals surface area contributed by atoms with Crippen LogP contribution in [0.5, 0.6) is 5.75 Å². The lowest BCUT2D eigenvalue weighted by molar-refractivity contribution is -0.384. The van der Waals surface area contributed by atoms with Crippen molar-refractivity contribution in [2.75, 3.05) is 39.3 Å². The maximum Gasteiger partial charge on any atom is 0.273 e. The van der Waals surface area contributed by atoms with Crippen LogP contribution in [0.4, 0.5) is 5.69 Å². The Morgan fingerprint density at radius 3 is 2.43 bits per heavy atom. The molecule has 1 aliphatic heterocycles. The molecular formula is C19H22ClN3O6S. The van der Waals surface area contributed by atoms with Gasteiger partial charge in [-0.1, -0.05) is 17.7 Å². The molecule has 1 fully saturated rings. The zero-order valence-electron chi connectivity index (χ0n) is 16.1. The maximum absolute atomic E-state index is 12.7. The summed E-state index contributed by atoms with van der Waals surface area (Å²) in [6.45, 7) is 1.85. The SMILES string of the molecule is O=[N+]([O-])c1cccc(OCC(O)CN2CCN(S(=O)(=O)c3ccc(Cl)cc3)CC2)c1. The van der Waals surface area contributed by atoms with Crippen molar-refractivity contribution in [1.82, 2.24) is 9.21 Å². The molecule has 30 heavy (non-hydrogen) atoms. The number of sulfonamides is 1. The van der Waals surface area contributed by atoms with E-state index in [9.17, 15) is 23.6 Å². The molecule has 0 aliphatic carbocycles. The predicted molar refractivity (Wildman–Crippen MR) is 111 cm³/mol. The molecule has 1 saturated heterocycles. The summed E-state index contributed by atoms with van der Waals surface area (Å²) in [7, 11) is -3.58. The lowest BCUT2D eigenvalue weighted by atomic mass is 10.3. The fourth-order valence-electron chi connectivity index (χ4n) is 3.14. The Morgan fingerprint density at radius 2 is 1.80 bits per heavy atom. The van der Waals surface area contributed by atoms with E-state index in [1.54, 1.807) is 18.2 Å². The highest BCUT2D eigenvalue weighted by atomic mass is 35.5. The number of hydrogen-bond donors (Lipinski definition) is 1. The quantitative estimate of drug-likeness (QED) is 0.478. The third-order valence-electron chi connectivity index (χ3n) is 4.72. The second-order valence-electron chi connectivity index (χ2n) is 6.88. The topological polar surface area (TPSA) is 113 Å². The Kier molecular flexibility index (Phi) is 7.27. The molecule has 0 amide bonds. The Labute approximate surface area is 179 Å². The molecule has 1 unspecified atom stereocenters. The number of β-amino-alcohol motifs (C(OH)–C–C–N with tert-alkyl or cyclic N) is 1. The molecule has 0 saturated carbocycles. The van der Waals surface area contributed by atoms with Gasteiger partial charge < -0.3 is 9.84 Å². The number of aliphatic hydroxyl groups is 1. The molecule has 2 aromatic carbocycles. The smallest absolute Gasteiger partial charge is 0.273 e. The number of aliphatic hydroxyl groups excluding tert-OH is 1. The lowest BCUT2D eigenvalue weighted by Crippen LogP contribution is -2.50. The van der Waals surface area contributed by atoms with Crippen molar-refractivity contribution in [3.8, 4) is 5.75 Å². The molecule has 0 bridgehead atoms. The average Bonchev–Trinajstić information content (AvgIpc) is 2.73. The Hall–Kier alpha value is -2.24. The third kappa shape index (κ3) is 5.67. The monoisotopic (exact) mass is 455 g/mol. The molecule has 162 valence electrons. The first-order valence-corrected chi connectivity index (χ1v) is 11.1. The number of halogens is 1. The highest BCUT2D eigenvalue weighted by Crippen LogP contribution is 2.21. The maximum atomic E-state index is 12.7. The van der Waals surface area contributed by atoms with Crippen LogP contribution in [0.1, 0.15) is 0 Å². The summed E-state index contributed by atoms with van der Waals surface area (Å²) in [5.41, 5.74) is -0.0833. The van der Waals surface area contributed by atoms with E-state index in [-0.39, 0.29) is 17.2 Å². The Balaban J connectivity index is 1.47. The van der Waals surface area contributed by atoms with Crippen LogP contribution in [0.25, 0.3) is 0 Å². The van der Waals surface area contributed by atoms with Gasteiger partial charge in [0, 0.05) is 43.8 Å². The summed E-state index contributed by atoms with van der Waals surface area (Å²) in [5, 5.41) is 21.5. The van der Waals surface area contributed by atoms with E-state index >= 15 is 0 Å². The molecule has 1 heterocycles. The van der Waals surface area contributed by atoms with Crippen LogP contribution >= 0.6 is 11.6 Å². The van der Waals surface area contributed by atoms with Crippen molar-refractivity contribution in [3.05, 3.63) is 63.7 Å². The zero-order chi connectivity index (χ0) is 21.7. The first-order chi connectivity index (χ1) is 14.3.